The lowest BCUT2D eigenvalue weighted by atomic mass is 10.1. The van der Waals surface area contributed by atoms with E-state index in [0.29, 0.717) is 36.4 Å². The van der Waals surface area contributed by atoms with Crippen molar-refractivity contribution in [3.63, 3.8) is 0 Å². The van der Waals surface area contributed by atoms with Gasteiger partial charge in [0.2, 0.25) is 11.8 Å². The van der Waals surface area contributed by atoms with Crippen molar-refractivity contribution in [2.75, 3.05) is 13.2 Å². The van der Waals surface area contributed by atoms with Gasteiger partial charge in [-0.25, -0.2) is 15.0 Å². The molecule has 0 bridgehead atoms. The van der Waals surface area contributed by atoms with E-state index in [2.05, 4.69) is 29.2 Å². The first-order chi connectivity index (χ1) is 13.9. The van der Waals surface area contributed by atoms with E-state index in [0.717, 1.165) is 11.1 Å². The van der Waals surface area contributed by atoms with E-state index < -0.39 is 0 Å². The smallest absolute Gasteiger partial charge is 0.236 e. The van der Waals surface area contributed by atoms with E-state index in [1.165, 1.54) is 0 Å². The molecule has 5 rings (SSSR count). The second-order valence-electron chi connectivity index (χ2n) is 6.75. The lowest BCUT2D eigenvalue weighted by Crippen LogP contribution is -2.09. The van der Waals surface area contributed by atoms with Gasteiger partial charge in [0.25, 0.3) is 0 Å². The second kappa shape index (κ2) is 7.27. The number of pyridine rings is 1. The molecule has 5 heteroatoms. The molecular formula is C23H19N3O2. The number of hydrogen-bond acceptors (Lipinski definition) is 5. The normalized spacial score (nSPS) is 20.9. The Labute approximate surface area is 163 Å². The zero-order chi connectivity index (χ0) is 18.8. The summed E-state index contributed by atoms with van der Waals surface area (Å²) in [5, 5.41) is 0. The topological polar surface area (TPSA) is 56.1 Å². The Hall–Kier alpha value is -3.47. The Morgan fingerprint density at radius 3 is 1.50 bits per heavy atom. The van der Waals surface area contributed by atoms with Crippen LogP contribution in [0.3, 0.4) is 0 Å². The van der Waals surface area contributed by atoms with Gasteiger partial charge in [-0.15, -0.1) is 0 Å². The number of aliphatic imine (C=N–C) groups is 2. The molecule has 0 radical (unpaired) electrons. The van der Waals surface area contributed by atoms with Crippen LogP contribution >= 0.6 is 0 Å². The molecule has 5 nitrogen and oxygen atoms in total. The molecule has 2 atom stereocenters. The molecule has 0 fully saturated rings. The molecule has 0 spiro atoms. The molecule has 0 saturated heterocycles. The van der Waals surface area contributed by atoms with Gasteiger partial charge in [-0.05, 0) is 23.3 Å². The fourth-order valence-electron chi connectivity index (χ4n) is 3.39. The summed E-state index contributed by atoms with van der Waals surface area (Å²) in [5.41, 5.74) is 3.68. The standard InChI is InChI=1S/C23H19N3O2/c1-3-8-16(9-4-1)20-14-27-22(25-20)18-12-7-13-19(24-18)23-26-21(15-28-23)17-10-5-2-6-11-17/h1-13,20-21H,14-15H2/t20-,21-/m0/s1. The van der Waals surface area contributed by atoms with Crippen molar-refractivity contribution < 1.29 is 9.47 Å². The van der Waals surface area contributed by atoms with Crippen LogP contribution < -0.4 is 0 Å². The van der Waals surface area contributed by atoms with E-state index in [-0.39, 0.29) is 12.1 Å². The number of aromatic nitrogens is 1. The molecular weight excluding hydrogens is 350 g/mol. The van der Waals surface area contributed by atoms with Crippen molar-refractivity contribution in [1.29, 1.82) is 0 Å². The summed E-state index contributed by atoms with van der Waals surface area (Å²) in [6.45, 7) is 1.05. The average Bonchev–Trinajstić information content (AvgIpc) is 3.46. The third-order valence-corrected chi connectivity index (χ3v) is 4.86. The molecule has 2 aromatic carbocycles. The van der Waals surface area contributed by atoms with Gasteiger partial charge < -0.3 is 9.47 Å². The van der Waals surface area contributed by atoms with Crippen molar-refractivity contribution in [2.45, 2.75) is 12.1 Å². The van der Waals surface area contributed by atoms with Crippen LogP contribution in [0.25, 0.3) is 0 Å². The largest absolute Gasteiger partial charge is 0.474 e. The molecule has 138 valence electrons. The number of nitrogens with zero attached hydrogens (tertiary/aromatic N) is 3. The molecule has 3 heterocycles. The quantitative estimate of drug-likeness (QED) is 0.695. The van der Waals surface area contributed by atoms with Gasteiger partial charge in [-0.2, -0.15) is 0 Å². The van der Waals surface area contributed by atoms with Crippen LogP contribution in [0.2, 0.25) is 0 Å². The highest BCUT2D eigenvalue weighted by Gasteiger charge is 2.25. The maximum atomic E-state index is 5.82. The highest BCUT2D eigenvalue weighted by atomic mass is 16.5. The Bertz CT molecular complexity index is 951. The number of rotatable bonds is 4. The van der Waals surface area contributed by atoms with Gasteiger partial charge >= 0.3 is 0 Å². The maximum Gasteiger partial charge on any atom is 0.236 e. The summed E-state index contributed by atoms with van der Waals surface area (Å²) in [6, 6.07) is 26.1. The average molecular weight is 369 g/mol. The minimum Gasteiger partial charge on any atom is -0.474 e. The van der Waals surface area contributed by atoms with Gasteiger partial charge in [0.15, 0.2) is 0 Å². The molecule has 0 saturated carbocycles. The zero-order valence-corrected chi connectivity index (χ0v) is 15.2. The third kappa shape index (κ3) is 3.27. The van der Waals surface area contributed by atoms with Gasteiger partial charge in [0.05, 0.1) is 0 Å². The summed E-state index contributed by atoms with van der Waals surface area (Å²) in [4.78, 5) is 14.1. The molecule has 0 aliphatic carbocycles. The van der Waals surface area contributed by atoms with Crippen molar-refractivity contribution in [2.24, 2.45) is 9.98 Å². The van der Waals surface area contributed by atoms with Gasteiger partial charge in [0.1, 0.15) is 36.7 Å². The van der Waals surface area contributed by atoms with Crippen molar-refractivity contribution in [1.82, 2.24) is 4.98 Å². The fourth-order valence-corrected chi connectivity index (χ4v) is 3.39. The van der Waals surface area contributed by atoms with E-state index in [1.54, 1.807) is 0 Å². The summed E-state index contributed by atoms with van der Waals surface area (Å²) < 4.78 is 11.6. The molecule has 2 aliphatic rings. The first kappa shape index (κ1) is 16.7. The zero-order valence-electron chi connectivity index (χ0n) is 15.2. The lowest BCUT2D eigenvalue weighted by molar-refractivity contribution is 0.317. The summed E-state index contributed by atoms with van der Waals surface area (Å²) in [5.74, 6) is 1.13. The highest BCUT2D eigenvalue weighted by molar-refractivity contribution is 5.97. The SMILES string of the molecule is c1ccc([C@@H]2COC(c3cccc(C4=N[C@H](c5ccccc5)CO4)n3)=N2)cc1. The summed E-state index contributed by atoms with van der Waals surface area (Å²) in [7, 11) is 0. The Morgan fingerprint density at radius 1 is 0.571 bits per heavy atom. The number of ether oxygens (including phenoxy) is 2. The molecule has 3 aromatic rings. The molecule has 28 heavy (non-hydrogen) atoms. The molecule has 1 aromatic heterocycles. The predicted molar refractivity (Wildman–Crippen MR) is 108 cm³/mol. The summed E-state index contributed by atoms with van der Waals surface area (Å²) >= 11 is 0. The van der Waals surface area contributed by atoms with Crippen LogP contribution in [0, 0.1) is 0 Å². The predicted octanol–water partition coefficient (Wildman–Crippen LogP) is 4.12. The van der Waals surface area contributed by atoms with E-state index in [1.807, 2.05) is 54.6 Å². The number of hydrogen-bond donors (Lipinski definition) is 0. The van der Waals surface area contributed by atoms with Crippen LogP contribution in [0.5, 0.6) is 0 Å². The van der Waals surface area contributed by atoms with Gasteiger partial charge in [0, 0.05) is 0 Å². The first-order valence-corrected chi connectivity index (χ1v) is 9.36. The molecule has 0 N–H and O–H groups in total. The van der Waals surface area contributed by atoms with Crippen LogP contribution in [-0.2, 0) is 9.47 Å². The minimum absolute atomic E-state index is 0.00388. The monoisotopic (exact) mass is 369 g/mol. The molecule has 0 unspecified atom stereocenters. The van der Waals surface area contributed by atoms with Crippen LogP contribution in [0.1, 0.15) is 34.6 Å². The highest BCUT2D eigenvalue weighted by Crippen LogP contribution is 2.26. The Morgan fingerprint density at radius 2 is 1.04 bits per heavy atom. The van der Waals surface area contributed by atoms with Gasteiger partial charge in [-0.3, -0.25) is 0 Å². The first-order valence-electron chi connectivity index (χ1n) is 9.36. The van der Waals surface area contributed by atoms with Gasteiger partial charge in [-0.1, -0.05) is 66.7 Å². The van der Waals surface area contributed by atoms with Crippen molar-refractivity contribution in [3.05, 3.63) is 101 Å². The van der Waals surface area contributed by atoms with Crippen LogP contribution in [0.4, 0.5) is 0 Å². The van der Waals surface area contributed by atoms with Crippen LogP contribution in [-0.4, -0.2) is 30.0 Å². The van der Waals surface area contributed by atoms with Crippen molar-refractivity contribution >= 4 is 11.8 Å². The van der Waals surface area contributed by atoms with Crippen LogP contribution in [0.15, 0.2) is 88.8 Å². The van der Waals surface area contributed by atoms with E-state index in [4.69, 9.17) is 19.5 Å². The maximum absolute atomic E-state index is 5.82. The molecule has 2 aliphatic heterocycles. The third-order valence-electron chi connectivity index (χ3n) is 4.86. The lowest BCUT2D eigenvalue weighted by Gasteiger charge is -2.04. The Balaban J connectivity index is 1.39. The summed E-state index contributed by atoms with van der Waals surface area (Å²) in [6.07, 6.45) is 0. The minimum atomic E-state index is 0.00388. The fraction of sp³-hybridized carbons (Fsp3) is 0.174. The number of benzene rings is 2. The Kier molecular flexibility index (Phi) is 4.33. The van der Waals surface area contributed by atoms with E-state index in [9.17, 15) is 0 Å². The van der Waals surface area contributed by atoms with E-state index >= 15 is 0 Å². The molecule has 0 amide bonds. The van der Waals surface area contributed by atoms with Crippen molar-refractivity contribution in [3.8, 4) is 0 Å². The second-order valence-corrected chi connectivity index (χ2v) is 6.75.